The number of rotatable bonds is 5. The molecule has 6 heteroatoms. The van der Waals surface area contributed by atoms with Crippen molar-refractivity contribution in [3.8, 4) is 5.75 Å². The monoisotopic (exact) mass is 405 g/mol. The maximum Gasteiger partial charge on any atom is 0.255 e. The Kier molecular flexibility index (Phi) is 5.23. The predicted molar refractivity (Wildman–Crippen MR) is 115 cm³/mol. The molecule has 2 aromatic carbocycles. The topological polar surface area (TPSA) is 55.6 Å². The first kappa shape index (κ1) is 19.0. The van der Waals surface area contributed by atoms with Gasteiger partial charge >= 0.3 is 0 Å². The van der Waals surface area contributed by atoms with Crippen LogP contribution in [0.3, 0.4) is 0 Å². The van der Waals surface area contributed by atoms with Gasteiger partial charge in [-0.05, 0) is 67.4 Å². The number of pyridine rings is 1. The lowest BCUT2D eigenvalue weighted by atomic mass is 10.1. The van der Waals surface area contributed by atoms with Crippen LogP contribution in [0.15, 0.2) is 67.0 Å². The molecule has 5 nitrogen and oxygen atoms in total. The number of ether oxygens (including phenoxy) is 1. The second-order valence-corrected chi connectivity index (χ2v) is 7.32. The van der Waals surface area contributed by atoms with Crippen molar-refractivity contribution in [1.29, 1.82) is 0 Å². The average molecular weight is 406 g/mol. The van der Waals surface area contributed by atoms with Gasteiger partial charge in [-0.1, -0.05) is 23.7 Å². The molecule has 0 saturated heterocycles. The fourth-order valence-corrected chi connectivity index (χ4v) is 3.35. The van der Waals surface area contributed by atoms with Gasteiger partial charge in [-0.15, -0.1) is 0 Å². The van der Waals surface area contributed by atoms with Gasteiger partial charge in [0.25, 0.3) is 5.91 Å². The Morgan fingerprint density at radius 3 is 2.76 bits per heavy atom. The lowest BCUT2D eigenvalue weighted by molar-refractivity contribution is 0.102. The number of hydrogen-bond donors (Lipinski definition) is 1. The van der Waals surface area contributed by atoms with E-state index in [0.717, 1.165) is 28.2 Å². The molecule has 0 atom stereocenters. The van der Waals surface area contributed by atoms with Crippen molar-refractivity contribution in [3.05, 3.63) is 94.4 Å². The quantitative estimate of drug-likeness (QED) is 0.481. The minimum Gasteiger partial charge on any atom is -0.487 e. The van der Waals surface area contributed by atoms with Crippen molar-refractivity contribution in [1.82, 2.24) is 9.38 Å². The van der Waals surface area contributed by atoms with E-state index in [0.29, 0.717) is 22.9 Å². The summed E-state index contributed by atoms with van der Waals surface area (Å²) in [5, 5.41) is 3.55. The Hall–Kier alpha value is -3.31. The smallest absolute Gasteiger partial charge is 0.255 e. The van der Waals surface area contributed by atoms with Crippen LogP contribution in [0.2, 0.25) is 5.02 Å². The molecule has 0 spiro atoms. The molecule has 0 saturated carbocycles. The molecule has 0 aliphatic heterocycles. The van der Waals surface area contributed by atoms with Crippen LogP contribution in [-0.4, -0.2) is 15.3 Å². The third-order valence-corrected chi connectivity index (χ3v) is 4.88. The van der Waals surface area contributed by atoms with E-state index < -0.39 is 0 Å². The molecule has 4 aromatic rings. The van der Waals surface area contributed by atoms with Crippen molar-refractivity contribution in [2.75, 3.05) is 5.32 Å². The number of anilines is 1. The number of nitrogens with one attached hydrogen (secondary N) is 1. The van der Waals surface area contributed by atoms with Gasteiger partial charge in [0.15, 0.2) is 0 Å². The zero-order valence-electron chi connectivity index (χ0n) is 16.1. The van der Waals surface area contributed by atoms with E-state index in [2.05, 4.69) is 10.3 Å². The van der Waals surface area contributed by atoms with Gasteiger partial charge in [0.2, 0.25) is 0 Å². The largest absolute Gasteiger partial charge is 0.487 e. The molecular formula is C23H20ClN3O2. The van der Waals surface area contributed by atoms with Crippen LogP contribution in [0.1, 0.15) is 27.2 Å². The number of carbonyl (C=O) groups is 1. The van der Waals surface area contributed by atoms with Crippen molar-refractivity contribution < 1.29 is 9.53 Å². The fraction of sp³-hybridized carbons (Fsp3) is 0.130. The summed E-state index contributed by atoms with van der Waals surface area (Å²) in [6.07, 6.45) is 3.91. The number of benzene rings is 2. The second-order valence-electron chi connectivity index (χ2n) is 6.88. The van der Waals surface area contributed by atoms with Crippen LogP contribution < -0.4 is 10.1 Å². The maximum absolute atomic E-state index is 12.6. The number of imidazole rings is 1. The molecule has 0 fully saturated rings. The molecule has 4 rings (SSSR count). The maximum atomic E-state index is 12.6. The second kappa shape index (κ2) is 7.97. The Bertz CT molecular complexity index is 1200. The minimum atomic E-state index is -0.204. The van der Waals surface area contributed by atoms with Crippen molar-refractivity contribution in [3.63, 3.8) is 0 Å². The van der Waals surface area contributed by atoms with Crippen LogP contribution >= 0.6 is 11.6 Å². The molecule has 2 aromatic heterocycles. The third-order valence-electron chi connectivity index (χ3n) is 4.65. The van der Waals surface area contributed by atoms with Gasteiger partial charge in [0.1, 0.15) is 18.0 Å². The molecule has 1 N–H and O–H groups in total. The van der Waals surface area contributed by atoms with Gasteiger partial charge < -0.3 is 14.5 Å². The number of aryl methyl sites for hydroxylation is 2. The summed E-state index contributed by atoms with van der Waals surface area (Å²) in [6.45, 7) is 4.25. The molecule has 1 amide bonds. The molecule has 0 bridgehead atoms. The number of aromatic nitrogens is 2. The summed E-state index contributed by atoms with van der Waals surface area (Å²) in [6, 6.07) is 16.5. The molecule has 0 aliphatic carbocycles. The summed E-state index contributed by atoms with van der Waals surface area (Å²) >= 11 is 5.98. The molecule has 29 heavy (non-hydrogen) atoms. The zero-order chi connectivity index (χ0) is 20.4. The summed E-state index contributed by atoms with van der Waals surface area (Å²) in [7, 11) is 0. The van der Waals surface area contributed by atoms with Crippen LogP contribution in [0.4, 0.5) is 5.69 Å². The summed E-state index contributed by atoms with van der Waals surface area (Å²) in [4.78, 5) is 17.2. The van der Waals surface area contributed by atoms with E-state index in [1.165, 1.54) is 0 Å². The highest BCUT2D eigenvalue weighted by molar-refractivity contribution is 6.30. The predicted octanol–water partition coefficient (Wildman–Crippen LogP) is 5.44. The Balaban J connectivity index is 1.46. The van der Waals surface area contributed by atoms with Gasteiger partial charge in [0.05, 0.1) is 5.69 Å². The summed E-state index contributed by atoms with van der Waals surface area (Å²) in [5.74, 6) is 0.406. The minimum absolute atomic E-state index is 0.204. The van der Waals surface area contributed by atoms with Gasteiger partial charge in [0, 0.05) is 28.7 Å². The molecular weight excluding hydrogens is 386 g/mol. The lowest BCUT2D eigenvalue weighted by Crippen LogP contribution is -2.12. The van der Waals surface area contributed by atoms with Crippen molar-refractivity contribution >= 4 is 28.8 Å². The van der Waals surface area contributed by atoms with Gasteiger partial charge in [-0.25, -0.2) is 4.98 Å². The molecule has 0 radical (unpaired) electrons. The van der Waals surface area contributed by atoms with E-state index in [1.54, 1.807) is 30.3 Å². The molecule has 0 unspecified atom stereocenters. The standard InChI is InChI=1S/C23H20ClN3O2/c1-15-5-4-10-27-13-19(25-22(15)27)14-29-20-7-3-6-17(12-20)23(28)26-21-9-8-18(24)11-16(21)2/h3-13H,14H2,1-2H3,(H,26,28). The van der Waals surface area contributed by atoms with Crippen LogP contribution in [0, 0.1) is 13.8 Å². The van der Waals surface area contributed by atoms with Crippen LogP contribution in [0.25, 0.3) is 5.65 Å². The summed E-state index contributed by atoms with van der Waals surface area (Å²) < 4.78 is 7.85. The number of amides is 1. The van der Waals surface area contributed by atoms with E-state index in [-0.39, 0.29) is 5.91 Å². The highest BCUT2D eigenvalue weighted by atomic mass is 35.5. The van der Waals surface area contributed by atoms with Crippen molar-refractivity contribution in [2.24, 2.45) is 0 Å². The van der Waals surface area contributed by atoms with Crippen molar-refractivity contribution in [2.45, 2.75) is 20.5 Å². The van der Waals surface area contributed by atoms with Crippen LogP contribution in [0.5, 0.6) is 5.75 Å². The van der Waals surface area contributed by atoms with E-state index in [4.69, 9.17) is 16.3 Å². The Labute approximate surface area is 173 Å². The molecule has 0 aliphatic rings. The number of carbonyl (C=O) groups excluding carboxylic acids is 1. The number of nitrogens with zero attached hydrogens (tertiary/aromatic N) is 2. The zero-order valence-corrected chi connectivity index (χ0v) is 16.9. The van der Waals surface area contributed by atoms with Gasteiger partial charge in [-0.2, -0.15) is 0 Å². The number of fused-ring (bicyclic) bond motifs is 1. The average Bonchev–Trinajstić information content (AvgIpc) is 3.13. The summed E-state index contributed by atoms with van der Waals surface area (Å²) in [5.41, 5.74) is 4.99. The highest BCUT2D eigenvalue weighted by Crippen LogP contribution is 2.21. The van der Waals surface area contributed by atoms with Gasteiger partial charge in [-0.3, -0.25) is 4.79 Å². The first-order chi connectivity index (χ1) is 14.0. The lowest BCUT2D eigenvalue weighted by Gasteiger charge is -2.10. The number of hydrogen-bond acceptors (Lipinski definition) is 3. The fourth-order valence-electron chi connectivity index (χ4n) is 3.12. The Morgan fingerprint density at radius 1 is 1.10 bits per heavy atom. The van der Waals surface area contributed by atoms with E-state index in [1.807, 2.05) is 54.9 Å². The molecule has 2 heterocycles. The normalized spacial score (nSPS) is 10.9. The third kappa shape index (κ3) is 4.25. The highest BCUT2D eigenvalue weighted by Gasteiger charge is 2.10. The number of halogens is 1. The van der Waals surface area contributed by atoms with Crippen LogP contribution in [-0.2, 0) is 6.61 Å². The molecule has 146 valence electrons. The first-order valence-electron chi connectivity index (χ1n) is 9.23. The Morgan fingerprint density at radius 2 is 1.97 bits per heavy atom. The first-order valence-corrected chi connectivity index (χ1v) is 9.61. The van der Waals surface area contributed by atoms with E-state index in [9.17, 15) is 4.79 Å². The SMILES string of the molecule is Cc1cc(Cl)ccc1NC(=O)c1cccc(OCc2cn3cccc(C)c3n2)c1. The van der Waals surface area contributed by atoms with E-state index >= 15 is 0 Å².